The topological polar surface area (TPSA) is 115 Å². The maximum atomic E-state index is 13.6. The van der Waals surface area contributed by atoms with Crippen LogP contribution in [0, 0.1) is 5.92 Å². The number of benzene rings is 2. The number of nitrogens with zero attached hydrogens (tertiary/aromatic N) is 3. The zero-order valence-electron chi connectivity index (χ0n) is 24.1. The van der Waals surface area contributed by atoms with Crippen molar-refractivity contribution >= 4 is 63.1 Å². The van der Waals surface area contributed by atoms with Crippen molar-refractivity contribution in [2.45, 2.75) is 43.3 Å². The third-order valence-electron chi connectivity index (χ3n) is 6.70. The van der Waals surface area contributed by atoms with Crippen LogP contribution in [-0.4, -0.2) is 40.2 Å². The van der Waals surface area contributed by atoms with Crippen LogP contribution in [0.1, 0.15) is 54.9 Å². The van der Waals surface area contributed by atoms with Crippen LogP contribution in [0.5, 0.6) is 11.5 Å². The lowest BCUT2D eigenvalue weighted by atomic mass is 9.95. The zero-order chi connectivity index (χ0) is 31.4. The summed E-state index contributed by atoms with van der Waals surface area (Å²) in [5, 5.41) is 20.9. The molecule has 1 atom stereocenters. The monoisotopic (exact) mass is 673 g/mol. The summed E-state index contributed by atoms with van der Waals surface area (Å²) in [5.41, 5.74) is 1.23. The fourth-order valence-corrected chi connectivity index (χ4v) is 6.94. The van der Waals surface area contributed by atoms with E-state index in [0.717, 1.165) is 23.3 Å². The van der Waals surface area contributed by atoms with Gasteiger partial charge in [0, 0.05) is 15.8 Å². The van der Waals surface area contributed by atoms with Gasteiger partial charge in [0.15, 0.2) is 27.4 Å². The van der Waals surface area contributed by atoms with E-state index in [1.807, 2.05) is 13.0 Å². The summed E-state index contributed by atoms with van der Waals surface area (Å²) in [6, 6.07) is 12.5. The van der Waals surface area contributed by atoms with Crippen LogP contribution in [0.3, 0.4) is 0 Å². The lowest BCUT2D eigenvalue weighted by Crippen LogP contribution is -2.31. The summed E-state index contributed by atoms with van der Waals surface area (Å²) in [6.07, 6.45) is 2.21. The third-order valence-corrected chi connectivity index (χ3v) is 9.39. The van der Waals surface area contributed by atoms with Gasteiger partial charge in [0.1, 0.15) is 0 Å². The average Bonchev–Trinajstić information content (AvgIpc) is 3.74. The first-order chi connectivity index (χ1) is 21.2. The maximum absolute atomic E-state index is 13.6. The Morgan fingerprint density at radius 3 is 2.66 bits per heavy atom. The normalized spacial score (nSPS) is 15.0. The molecule has 0 fully saturated rings. The first-order valence-corrected chi connectivity index (χ1v) is 16.4. The molecule has 0 bridgehead atoms. The minimum atomic E-state index is -1.04. The van der Waals surface area contributed by atoms with Gasteiger partial charge < -0.3 is 19.0 Å². The molecule has 13 heteroatoms. The lowest BCUT2D eigenvalue weighted by molar-refractivity contribution is -0.117. The van der Waals surface area contributed by atoms with E-state index in [2.05, 4.69) is 24.0 Å². The van der Waals surface area contributed by atoms with Crippen molar-refractivity contribution in [3.05, 3.63) is 93.1 Å². The number of rotatable bonds is 13. The summed E-state index contributed by atoms with van der Waals surface area (Å²) in [4.78, 5) is 28.5. The second-order valence-corrected chi connectivity index (χ2v) is 13.2. The van der Waals surface area contributed by atoms with Crippen molar-refractivity contribution < 1.29 is 28.6 Å². The summed E-state index contributed by atoms with van der Waals surface area (Å²) in [5.74, 6) is -0.176. The molecule has 0 saturated carbocycles. The van der Waals surface area contributed by atoms with Crippen LogP contribution in [0.15, 0.2) is 74.9 Å². The fraction of sp³-hybridized carbons (Fsp3) is 0.290. The van der Waals surface area contributed by atoms with E-state index in [-0.39, 0.29) is 16.5 Å². The Labute approximate surface area is 272 Å². The molecule has 1 aliphatic rings. The number of aromatic nitrogens is 2. The van der Waals surface area contributed by atoms with Gasteiger partial charge in [-0.05, 0) is 66.8 Å². The second-order valence-electron chi connectivity index (χ2n) is 10.2. The van der Waals surface area contributed by atoms with E-state index in [4.69, 9.17) is 37.1 Å². The predicted molar refractivity (Wildman–Crippen MR) is 171 cm³/mol. The smallest absolute Gasteiger partial charge is 0.296 e. The Bertz CT molecular complexity index is 1690. The van der Waals surface area contributed by atoms with Crippen molar-refractivity contribution in [1.82, 2.24) is 10.2 Å². The number of aliphatic hydroxyl groups excluding tert-OH is 1. The van der Waals surface area contributed by atoms with Crippen LogP contribution >= 0.6 is 46.3 Å². The van der Waals surface area contributed by atoms with Gasteiger partial charge in [-0.25, -0.2) is 0 Å². The van der Waals surface area contributed by atoms with E-state index in [0.29, 0.717) is 56.3 Å². The molecule has 230 valence electrons. The number of aliphatic hydroxyl groups is 1. The molecule has 1 N–H and O–H groups in total. The molecular weight excluding hydrogens is 645 g/mol. The quantitative estimate of drug-likeness (QED) is 0.0849. The molecule has 4 aromatic rings. The number of ether oxygens (including phenoxy) is 2. The van der Waals surface area contributed by atoms with E-state index < -0.39 is 23.5 Å². The van der Waals surface area contributed by atoms with Crippen LogP contribution in [0.2, 0.25) is 10.0 Å². The first kappa shape index (κ1) is 31.9. The molecule has 9 nitrogen and oxygen atoms in total. The summed E-state index contributed by atoms with van der Waals surface area (Å²) in [7, 11) is 0. The van der Waals surface area contributed by atoms with Gasteiger partial charge in [0.25, 0.3) is 5.91 Å². The van der Waals surface area contributed by atoms with Gasteiger partial charge in [-0.15, -0.1) is 10.2 Å². The van der Waals surface area contributed by atoms with E-state index in [9.17, 15) is 14.7 Å². The highest BCUT2D eigenvalue weighted by molar-refractivity contribution is 8.00. The molecule has 1 amide bonds. The van der Waals surface area contributed by atoms with Crippen molar-refractivity contribution in [2.24, 2.45) is 5.92 Å². The standard InChI is InChI=1S/C31H29Cl2N3O6S2/c1-4-40-24-14-18(8-10-22(24)42-13-11-17(2)3)26-25(27(37)23-6-5-12-41-23)28(38)29(39)36(26)30-34-35-31(44-30)43-16-19-7-9-20(32)15-21(19)33/h5-10,12,14-15,17,26,38H,4,11,13,16H2,1-3H3. The lowest BCUT2D eigenvalue weighted by Gasteiger charge is -2.25. The molecule has 0 radical (unpaired) electrons. The fourth-order valence-electron chi connectivity index (χ4n) is 4.51. The number of Topliss-reactive ketones (excluding diaryl/α,β-unsaturated/α-hetero) is 1. The molecule has 0 spiro atoms. The van der Waals surface area contributed by atoms with Crippen molar-refractivity contribution in [3.63, 3.8) is 0 Å². The van der Waals surface area contributed by atoms with E-state index in [1.165, 1.54) is 29.0 Å². The summed E-state index contributed by atoms with van der Waals surface area (Å²) in [6.45, 7) is 6.95. The molecule has 1 unspecified atom stereocenters. The Hall–Kier alpha value is -3.51. The number of hydrogen-bond acceptors (Lipinski definition) is 10. The molecule has 2 aromatic heterocycles. The average molecular weight is 675 g/mol. The second kappa shape index (κ2) is 14.1. The molecular formula is C31H29Cl2N3O6S2. The first-order valence-electron chi connectivity index (χ1n) is 13.8. The largest absolute Gasteiger partial charge is 0.503 e. The minimum Gasteiger partial charge on any atom is -0.503 e. The van der Waals surface area contributed by atoms with E-state index >= 15 is 0 Å². The minimum absolute atomic E-state index is 0.0155. The number of amides is 1. The highest BCUT2D eigenvalue weighted by Crippen LogP contribution is 2.45. The maximum Gasteiger partial charge on any atom is 0.296 e. The summed E-state index contributed by atoms with van der Waals surface area (Å²) >= 11 is 14.9. The third kappa shape index (κ3) is 6.91. The number of anilines is 1. The molecule has 3 heterocycles. The number of halogens is 2. The van der Waals surface area contributed by atoms with Crippen molar-refractivity contribution in [3.8, 4) is 11.5 Å². The number of carbonyl (C=O) groups excluding carboxylic acids is 2. The predicted octanol–water partition coefficient (Wildman–Crippen LogP) is 8.34. The zero-order valence-corrected chi connectivity index (χ0v) is 27.2. The van der Waals surface area contributed by atoms with Crippen LogP contribution in [0.4, 0.5) is 5.13 Å². The highest BCUT2D eigenvalue weighted by Gasteiger charge is 2.47. The molecule has 5 rings (SSSR count). The van der Waals surface area contributed by atoms with Gasteiger partial charge in [0.2, 0.25) is 10.9 Å². The Morgan fingerprint density at radius 1 is 1.14 bits per heavy atom. The van der Waals surface area contributed by atoms with Gasteiger partial charge in [0.05, 0.1) is 31.1 Å². The van der Waals surface area contributed by atoms with Gasteiger partial charge >= 0.3 is 0 Å². The molecule has 1 aliphatic heterocycles. The molecule has 0 saturated heterocycles. The number of thioether (sulfide) groups is 1. The number of ketones is 1. The summed E-state index contributed by atoms with van der Waals surface area (Å²) < 4.78 is 17.8. The number of hydrogen-bond donors (Lipinski definition) is 1. The number of carbonyl (C=O) groups is 2. The molecule has 44 heavy (non-hydrogen) atoms. The number of furan rings is 1. The Kier molecular flexibility index (Phi) is 10.2. The highest BCUT2D eigenvalue weighted by atomic mass is 35.5. The Morgan fingerprint density at radius 2 is 1.95 bits per heavy atom. The van der Waals surface area contributed by atoms with Gasteiger partial charge in [-0.2, -0.15) is 0 Å². The van der Waals surface area contributed by atoms with Crippen molar-refractivity contribution in [2.75, 3.05) is 18.1 Å². The van der Waals surface area contributed by atoms with Crippen LogP contribution in [-0.2, 0) is 10.5 Å². The SMILES string of the molecule is CCOc1cc(C2C(C(=O)c3ccco3)=C(O)C(=O)N2c2nnc(SCc3ccc(Cl)cc3Cl)s2)ccc1OCCC(C)C. The van der Waals surface area contributed by atoms with Crippen molar-refractivity contribution in [1.29, 1.82) is 0 Å². The van der Waals surface area contributed by atoms with Crippen LogP contribution < -0.4 is 14.4 Å². The Balaban J connectivity index is 1.50. The van der Waals surface area contributed by atoms with Crippen LogP contribution in [0.25, 0.3) is 0 Å². The molecule has 2 aromatic carbocycles. The van der Waals surface area contributed by atoms with E-state index in [1.54, 1.807) is 36.4 Å². The van der Waals surface area contributed by atoms with Gasteiger partial charge in [-0.1, -0.05) is 72.3 Å². The van der Waals surface area contributed by atoms with Gasteiger partial charge in [-0.3, -0.25) is 14.5 Å². The molecule has 0 aliphatic carbocycles.